The van der Waals surface area contributed by atoms with Gasteiger partial charge >= 0.3 is 0 Å². The van der Waals surface area contributed by atoms with Gasteiger partial charge in [0.1, 0.15) is 0 Å². The first-order valence-electron chi connectivity index (χ1n) is 7.41. The van der Waals surface area contributed by atoms with Crippen LogP contribution >= 0.6 is 15.9 Å². The summed E-state index contributed by atoms with van der Waals surface area (Å²) in [6.45, 7) is 6.66. The van der Waals surface area contributed by atoms with Crippen LogP contribution in [0.5, 0.6) is 0 Å². The summed E-state index contributed by atoms with van der Waals surface area (Å²) in [6.07, 6.45) is 0. The smallest absolute Gasteiger partial charge is 0.160 e. The molecule has 0 amide bonds. The monoisotopic (exact) mass is 354 g/mol. The maximum atomic E-state index is 4.75. The third-order valence-electron chi connectivity index (χ3n) is 3.80. The van der Waals surface area contributed by atoms with Gasteiger partial charge in [0, 0.05) is 16.3 Å². The molecule has 0 saturated heterocycles. The van der Waals surface area contributed by atoms with Gasteiger partial charge in [0.15, 0.2) is 5.82 Å². The van der Waals surface area contributed by atoms with E-state index in [1.165, 1.54) is 5.56 Å². The third kappa shape index (κ3) is 2.91. The lowest BCUT2D eigenvalue weighted by atomic mass is 9.86. The maximum Gasteiger partial charge on any atom is 0.160 e. The van der Waals surface area contributed by atoms with E-state index in [0.717, 1.165) is 33.3 Å². The molecule has 0 bridgehead atoms. The van der Waals surface area contributed by atoms with E-state index in [2.05, 4.69) is 67.0 Å². The Labute approximate surface area is 139 Å². The topological polar surface area (TPSA) is 25.8 Å². The first-order chi connectivity index (χ1) is 10.5. The summed E-state index contributed by atoms with van der Waals surface area (Å²) in [5.41, 5.74) is 4.50. The number of fused-ring (bicyclic) bond motifs is 1. The molecule has 0 radical (unpaired) electrons. The van der Waals surface area contributed by atoms with Crippen molar-refractivity contribution < 1.29 is 0 Å². The van der Waals surface area contributed by atoms with Crippen molar-refractivity contribution in [1.29, 1.82) is 0 Å². The van der Waals surface area contributed by atoms with Gasteiger partial charge in [-0.05, 0) is 23.1 Å². The molecule has 3 rings (SSSR count). The van der Waals surface area contributed by atoms with Gasteiger partial charge < -0.3 is 0 Å². The highest BCUT2D eigenvalue weighted by Gasteiger charge is 2.15. The van der Waals surface area contributed by atoms with Crippen molar-refractivity contribution in [1.82, 2.24) is 9.97 Å². The van der Waals surface area contributed by atoms with Crippen molar-refractivity contribution in [3.63, 3.8) is 0 Å². The van der Waals surface area contributed by atoms with Crippen LogP contribution in [0.2, 0.25) is 0 Å². The molecular weight excluding hydrogens is 336 g/mol. The summed E-state index contributed by atoms with van der Waals surface area (Å²) in [5, 5.41) is 1.83. The molecule has 2 nitrogen and oxygen atoms in total. The number of nitrogens with zero attached hydrogens (tertiary/aromatic N) is 2. The SMILES string of the molecule is CC(C)(C)c1cccc(-c2nc(CBr)c3ccccc3n2)c1. The molecule has 0 aliphatic carbocycles. The number of para-hydroxylation sites is 1. The van der Waals surface area contributed by atoms with Crippen LogP contribution in [0, 0.1) is 0 Å². The van der Waals surface area contributed by atoms with Gasteiger partial charge in [-0.15, -0.1) is 0 Å². The van der Waals surface area contributed by atoms with Gasteiger partial charge in [-0.25, -0.2) is 9.97 Å². The van der Waals surface area contributed by atoms with Crippen LogP contribution in [-0.2, 0) is 10.7 Å². The van der Waals surface area contributed by atoms with Gasteiger partial charge in [-0.1, -0.05) is 73.1 Å². The molecule has 1 aromatic heterocycles. The third-order valence-corrected chi connectivity index (χ3v) is 4.33. The molecular formula is C19H19BrN2. The first-order valence-corrected chi connectivity index (χ1v) is 8.54. The predicted octanol–water partition coefficient (Wildman–Crippen LogP) is 5.49. The molecule has 0 aliphatic heterocycles. The van der Waals surface area contributed by atoms with Crippen molar-refractivity contribution in [2.24, 2.45) is 0 Å². The van der Waals surface area contributed by atoms with Crippen LogP contribution in [0.15, 0.2) is 48.5 Å². The molecule has 0 fully saturated rings. The lowest BCUT2D eigenvalue weighted by molar-refractivity contribution is 0.590. The second-order valence-electron chi connectivity index (χ2n) is 6.48. The number of benzene rings is 2. The summed E-state index contributed by atoms with van der Waals surface area (Å²) in [7, 11) is 0. The molecule has 0 saturated carbocycles. The summed E-state index contributed by atoms with van der Waals surface area (Å²) in [4.78, 5) is 9.50. The van der Waals surface area contributed by atoms with Gasteiger partial charge in [0.25, 0.3) is 0 Å². The van der Waals surface area contributed by atoms with Crippen molar-refractivity contribution >= 4 is 26.8 Å². The van der Waals surface area contributed by atoms with Gasteiger partial charge in [0.2, 0.25) is 0 Å². The molecule has 0 aliphatic rings. The Balaban J connectivity index is 2.18. The standard InChI is InChI=1S/C19H19BrN2/c1-19(2,3)14-8-6-7-13(11-14)18-21-16-10-5-4-9-15(16)17(12-20)22-18/h4-11H,12H2,1-3H3. The van der Waals surface area contributed by atoms with Crippen molar-refractivity contribution in [3.05, 3.63) is 59.8 Å². The van der Waals surface area contributed by atoms with Crippen LogP contribution in [0.25, 0.3) is 22.3 Å². The minimum absolute atomic E-state index is 0.116. The molecule has 3 aromatic rings. The highest BCUT2D eigenvalue weighted by Crippen LogP contribution is 2.28. The fourth-order valence-electron chi connectivity index (χ4n) is 2.50. The lowest BCUT2D eigenvalue weighted by Crippen LogP contribution is -2.11. The van der Waals surface area contributed by atoms with E-state index in [1.807, 2.05) is 18.2 Å². The summed E-state index contributed by atoms with van der Waals surface area (Å²) in [6, 6.07) is 16.7. The molecule has 0 spiro atoms. The zero-order chi connectivity index (χ0) is 15.7. The molecule has 3 heteroatoms. The Bertz CT molecular complexity index is 819. The quantitative estimate of drug-likeness (QED) is 0.568. The minimum atomic E-state index is 0.116. The van der Waals surface area contributed by atoms with Crippen molar-refractivity contribution in [2.75, 3.05) is 0 Å². The minimum Gasteiger partial charge on any atom is -0.232 e. The summed E-state index contributed by atoms with van der Waals surface area (Å²) < 4.78 is 0. The average Bonchev–Trinajstić information content (AvgIpc) is 2.53. The fourth-order valence-corrected chi connectivity index (χ4v) is 2.93. The number of hydrogen-bond donors (Lipinski definition) is 0. The second-order valence-corrected chi connectivity index (χ2v) is 7.04. The number of aromatic nitrogens is 2. The Morgan fingerprint density at radius 2 is 1.73 bits per heavy atom. The molecule has 112 valence electrons. The first kappa shape index (κ1) is 15.2. The number of halogens is 1. The van der Waals surface area contributed by atoms with Crippen LogP contribution in [0.3, 0.4) is 0 Å². The normalized spacial score (nSPS) is 11.8. The van der Waals surface area contributed by atoms with E-state index in [0.29, 0.717) is 0 Å². The van der Waals surface area contributed by atoms with Crippen LogP contribution in [-0.4, -0.2) is 9.97 Å². The second kappa shape index (κ2) is 5.81. The highest BCUT2D eigenvalue weighted by atomic mass is 79.9. The molecule has 0 N–H and O–H groups in total. The van der Waals surface area contributed by atoms with Gasteiger partial charge in [0.05, 0.1) is 11.2 Å². The fraction of sp³-hybridized carbons (Fsp3) is 0.263. The Hall–Kier alpha value is -1.74. The lowest BCUT2D eigenvalue weighted by Gasteiger charge is -2.19. The van der Waals surface area contributed by atoms with E-state index in [1.54, 1.807) is 0 Å². The maximum absolute atomic E-state index is 4.75. The molecule has 1 heterocycles. The molecule has 0 atom stereocenters. The van der Waals surface area contributed by atoms with Crippen LogP contribution in [0.1, 0.15) is 32.0 Å². The predicted molar refractivity (Wildman–Crippen MR) is 96.3 cm³/mol. The van der Waals surface area contributed by atoms with Crippen molar-refractivity contribution in [2.45, 2.75) is 31.5 Å². The average molecular weight is 355 g/mol. The van der Waals surface area contributed by atoms with E-state index in [9.17, 15) is 0 Å². The molecule has 0 unspecified atom stereocenters. The highest BCUT2D eigenvalue weighted by molar-refractivity contribution is 9.08. The van der Waals surface area contributed by atoms with E-state index < -0.39 is 0 Å². The Morgan fingerprint density at radius 3 is 2.45 bits per heavy atom. The number of rotatable bonds is 2. The van der Waals surface area contributed by atoms with Crippen LogP contribution in [0.4, 0.5) is 0 Å². The number of hydrogen-bond acceptors (Lipinski definition) is 2. The number of alkyl halides is 1. The van der Waals surface area contributed by atoms with E-state index >= 15 is 0 Å². The van der Waals surface area contributed by atoms with Crippen LogP contribution < -0.4 is 0 Å². The molecule has 22 heavy (non-hydrogen) atoms. The summed E-state index contributed by atoms with van der Waals surface area (Å²) in [5.74, 6) is 0.791. The van der Waals surface area contributed by atoms with E-state index in [4.69, 9.17) is 9.97 Å². The Morgan fingerprint density at radius 1 is 0.955 bits per heavy atom. The zero-order valence-electron chi connectivity index (χ0n) is 13.1. The van der Waals surface area contributed by atoms with Gasteiger partial charge in [-0.3, -0.25) is 0 Å². The van der Waals surface area contributed by atoms with Crippen molar-refractivity contribution in [3.8, 4) is 11.4 Å². The van der Waals surface area contributed by atoms with Gasteiger partial charge in [-0.2, -0.15) is 0 Å². The summed E-state index contributed by atoms with van der Waals surface area (Å²) >= 11 is 3.54. The largest absolute Gasteiger partial charge is 0.232 e. The zero-order valence-corrected chi connectivity index (χ0v) is 14.7. The van der Waals surface area contributed by atoms with E-state index in [-0.39, 0.29) is 5.41 Å². The Kier molecular flexibility index (Phi) is 4.00. The molecule has 2 aromatic carbocycles.